The summed E-state index contributed by atoms with van der Waals surface area (Å²) in [5, 5.41) is 7.23. The standard InChI is InChI=1S/C24H35N3/c1-6-10-18-26-20(5)27(19-11-7-2)25-24(21(14-8-3)15-9-4)22-16-12-13-17-23(22)26/h6-7,10-13,16-17,21H,5,8-9,14-15,18-19H2,1-4H3/b10-6-,11-7+. The smallest absolute Gasteiger partial charge is 0.123 e. The average molecular weight is 366 g/mol. The molecule has 3 heteroatoms. The number of nitrogens with zero attached hydrogens (tertiary/aromatic N) is 3. The van der Waals surface area contributed by atoms with E-state index in [1.807, 2.05) is 0 Å². The molecule has 1 aromatic rings. The number of hydrazone groups is 1. The van der Waals surface area contributed by atoms with Gasteiger partial charge in [0.25, 0.3) is 0 Å². The molecule has 0 atom stereocenters. The van der Waals surface area contributed by atoms with Crippen LogP contribution in [0.4, 0.5) is 5.69 Å². The molecule has 2 rings (SSSR count). The third kappa shape index (κ3) is 5.12. The first-order valence-electron chi connectivity index (χ1n) is 10.3. The maximum absolute atomic E-state index is 5.16. The van der Waals surface area contributed by atoms with Crippen molar-refractivity contribution in [1.82, 2.24) is 5.01 Å². The molecule has 0 fully saturated rings. The molecule has 0 amide bonds. The molecule has 0 aromatic heterocycles. The minimum absolute atomic E-state index is 0.476. The van der Waals surface area contributed by atoms with Crippen LogP contribution in [-0.2, 0) is 0 Å². The Kier molecular flexibility index (Phi) is 8.38. The van der Waals surface area contributed by atoms with Crippen LogP contribution in [0.15, 0.2) is 66.1 Å². The maximum atomic E-state index is 5.16. The predicted molar refractivity (Wildman–Crippen MR) is 119 cm³/mol. The van der Waals surface area contributed by atoms with Crippen molar-refractivity contribution in [1.29, 1.82) is 0 Å². The lowest BCUT2D eigenvalue weighted by molar-refractivity contribution is 0.390. The summed E-state index contributed by atoms with van der Waals surface area (Å²) < 4.78 is 0. The number of allylic oxidation sites excluding steroid dienone is 2. The second-order valence-corrected chi connectivity index (χ2v) is 7.02. The van der Waals surface area contributed by atoms with Crippen molar-refractivity contribution in [3.63, 3.8) is 0 Å². The quantitative estimate of drug-likeness (QED) is 0.475. The average Bonchev–Trinajstić information content (AvgIpc) is 2.79. The van der Waals surface area contributed by atoms with Crippen molar-refractivity contribution < 1.29 is 0 Å². The van der Waals surface area contributed by atoms with Crippen LogP contribution in [-0.4, -0.2) is 23.8 Å². The van der Waals surface area contributed by atoms with Crippen LogP contribution in [0.3, 0.4) is 0 Å². The molecule has 27 heavy (non-hydrogen) atoms. The summed E-state index contributed by atoms with van der Waals surface area (Å²) in [5.41, 5.74) is 3.67. The van der Waals surface area contributed by atoms with Crippen LogP contribution < -0.4 is 4.90 Å². The lowest BCUT2D eigenvalue weighted by atomic mass is 9.88. The largest absolute Gasteiger partial charge is 0.323 e. The lowest BCUT2D eigenvalue weighted by Gasteiger charge is -2.29. The fourth-order valence-electron chi connectivity index (χ4n) is 3.63. The number of hydrogen-bond acceptors (Lipinski definition) is 3. The number of anilines is 1. The van der Waals surface area contributed by atoms with Crippen LogP contribution >= 0.6 is 0 Å². The van der Waals surface area contributed by atoms with E-state index in [0.29, 0.717) is 5.92 Å². The van der Waals surface area contributed by atoms with Gasteiger partial charge in [-0.05, 0) is 32.8 Å². The summed E-state index contributed by atoms with van der Waals surface area (Å²) in [5.74, 6) is 1.41. The molecule has 1 aromatic carbocycles. The molecule has 0 saturated heterocycles. The molecule has 146 valence electrons. The Labute approximate surface area is 165 Å². The van der Waals surface area contributed by atoms with E-state index in [4.69, 9.17) is 5.10 Å². The van der Waals surface area contributed by atoms with Gasteiger partial charge in [0.1, 0.15) is 5.82 Å². The number of fused-ring (bicyclic) bond motifs is 1. The predicted octanol–water partition coefficient (Wildman–Crippen LogP) is 6.35. The van der Waals surface area contributed by atoms with E-state index in [-0.39, 0.29) is 0 Å². The zero-order valence-electron chi connectivity index (χ0n) is 17.5. The van der Waals surface area contributed by atoms with E-state index in [9.17, 15) is 0 Å². The van der Waals surface area contributed by atoms with E-state index in [2.05, 4.69) is 92.8 Å². The van der Waals surface area contributed by atoms with Crippen LogP contribution in [0.25, 0.3) is 0 Å². The summed E-state index contributed by atoms with van der Waals surface area (Å²) in [6.07, 6.45) is 13.2. The van der Waals surface area contributed by atoms with Gasteiger partial charge in [0.05, 0.1) is 17.9 Å². The molecule has 1 heterocycles. The van der Waals surface area contributed by atoms with E-state index in [1.165, 1.54) is 42.6 Å². The molecular formula is C24H35N3. The summed E-state index contributed by atoms with van der Waals surface area (Å²) in [6, 6.07) is 8.67. The molecular weight excluding hydrogens is 330 g/mol. The third-order valence-corrected chi connectivity index (χ3v) is 5.01. The highest BCUT2D eigenvalue weighted by atomic mass is 15.5. The lowest BCUT2D eigenvalue weighted by Crippen LogP contribution is -2.31. The summed E-state index contributed by atoms with van der Waals surface area (Å²) >= 11 is 0. The van der Waals surface area contributed by atoms with E-state index >= 15 is 0 Å². The second kappa shape index (κ2) is 10.8. The fraction of sp³-hybridized carbons (Fsp3) is 0.458. The number of para-hydroxylation sites is 1. The van der Waals surface area contributed by atoms with Crippen LogP contribution in [0, 0.1) is 5.92 Å². The normalized spacial score (nSPS) is 15.0. The van der Waals surface area contributed by atoms with Gasteiger partial charge < -0.3 is 4.90 Å². The highest BCUT2D eigenvalue weighted by Gasteiger charge is 2.28. The first-order valence-corrected chi connectivity index (χ1v) is 10.3. The van der Waals surface area contributed by atoms with Gasteiger partial charge in [-0.2, -0.15) is 5.10 Å². The van der Waals surface area contributed by atoms with Gasteiger partial charge in [0.15, 0.2) is 0 Å². The number of hydrogen-bond donors (Lipinski definition) is 0. The molecule has 0 saturated carbocycles. The van der Waals surface area contributed by atoms with Crippen molar-refractivity contribution in [2.75, 3.05) is 18.0 Å². The number of rotatable bonds is 9. The summed E-state index contributed by atoms with van der Waals surface area (Å²) in [7, 11) is 0. The van der Waals surface area contributed by atoms with Gasteiger partial charge in [-0.25, -0.2) is 5.01 Å². The van der Waals surface area contributed by atoms with Crippen molar-refractivity contribution in [2.45, 2.75) is 53.4 Å². The molecule has 0 bridgehead atoms. The molecule has 0 unspecified atom stereocenters. The molecule has 1 aliphatic heterocycles. The zero-order valence-corrected chi connectivity index (χ0v) is 17.5. The van der Waals surface area contributed by atoms with E-state index in [0.717, 1.165) is 18.9 Å². The molecule has 3 nitrogen and oxygen atoms in total. The van der Waals surface area contributed by atoms with E-state index < -0.39 is 0 Å². The van der Waals surface area contributed by atoms with Gasteiger partial charge in [-0.15, -0.1) is 0 Å². The Morgan fingerprint density at radius 1 is 1.00 bits per heavy atom. The maximum Gasteiger partial charge on any atom is 0.123 e. The molecule has 0 spiro atoms. The summed E-state index contributed by atoms with van der Waals surface area (Å²) in [6.45, 7) is 14.6. The Hall–Kier alpha value is -2.29. The van der Waals surface area contributed by atoms with Gasteiger partial charge in [-0.3, -0.25) is 0 Å². The molecule has 0 aliphatic carbocycles. The van der Waals surface area contributed by atoms with Gasteiger partial charge in [0.2, 0.25) is 0 Å². The van der Waals surface area contributed by atoms with Gasteiger partial charge in [0, 0.05) is 18.0 Å². The zero-order chi connectivity index (χ0) is 19.6. The molecule has 1 aliphatic rings. The van der Waals surface area contributed by atoms with Crippen molar-refractivity contribution in [3.05, 3.63) is 66.5 Å². The summed E-state index contributed by atoms with van der Waals surface area (Å²) in [4.78, 5) is 2.28. The minimum Gasteiger partial charge on any atom is -0.323 e. The fourth-order valence-corrected chi connectivity index (χ4v) is 3.63. The highest BCUT2D eigenvalue weighted by Crippen LogP contribution is 2.33. The van der Waals surface area contributed by atoms with Gasteiger partial charge >= 0.3 is 0 Å². The topological polar surface area (TPSA) is 18.8 Å². The highest BCUT2D eigenvalue weighted by molar-refractivity contribution is 6.07. The van der Waals surface area contributed by atoms with Crippen molar-refractivity contribution in [3.8, 4) is 0 Å². The van der Waals surface area contributed by atoms with Crippen molar-refractivity contribution >= 4 is 11.4 Å². The number of benzene rings is 1. The first kappa shape index (κ1) is 21.0. The first-order chi connectivity index (χ1) is 13.2. The SMILES string of the molecule is C=C1N(C/C=C/C)N=C(C(CCC)CCC)c2ccccc2N1C/C=C\C. The third-order valence-electron chi connectivity index (χ3n) is 5.01. The second-order valence-electron chi connectivity index (χ2n) is 7.02. The van der Waals surface area contributed by atoms with Crippen LogP contribution in [0.1, 0.15) is 58.9 Å². The van der Waals surface area contributed by atoms with Crippen LogP contribution in [0.5, 0.6) is 0 Å². The Balaban J connectivity index is 2.60. The molecule has 0 radical (unpaired) electrons. The van der Waals surface area contributed by atoms with E-state index in [1.54, 1.807) is 0 Å². The van der Waals surface area contributed by atoms with Crippen LogP contribution in [0.2, 0.25) is 0 Å². The minimum atomic E-state index is 0.476. The Morgan fingerprint density at radius 2 is 1.63 bits per heavy atom. The Morgan fingerprint density at radius 3 is 2.26 bits per heavy atom. The molecule has 0 N–H and O–H groups in total. The van der Waals surface area contributed by atoms with Crippen molar-refractivity contribution in [2.24, 2.45) is 11.0 Å². The monoisotopic (exact) mass is 365 g/mol. The Bertz CT molecular complexity index is 693. The van der Waals surface area contributed by atoms with Gasteiger partial charge in [-0.1, -0.05) is 75.8 Å².